The first kappa shape index (κ1) is 17.4. The second-order valence-electron chi connectivity index (χ2n) is 6.11. The number of nitrogens with one attached hydrogen (secondary N) is 1. The van der Waals surface area contributed by atoms with Gasteiger partial charge in [-0.2, -0.15) is 0 Å². The van der Waals surface area contributed by atoms with Crippen LogP contribution < -0.4 is 16.0 Å². The number of nitrogens with zero attached hydrogens (tertiary/aromatic N) is 4. The highest BCUT2D eigenvalue weighted by Gasteiger charge is 2.15. The number of hydrazine groups is 1. The number of carbonyl (C=O) groups is 1. The van der Waals surface area contributed by atoms with Crippen LogP contribution in [0.25, 0.3) is 10.9 Å². The van der Waals surface area contributed by atoms with E-state index in [0.29, 0.717) is 10.9 Å². The molecule has 0 aliphatic heterocycles. The van der Waals surface area contributed by atoms with Crippen LogP contribution in [0, 0.1) is 0 Å². The molecule has 3 aromatic carbocycles. The van der Waals surface area contributed by atoms with Crippen molar-refractivity contribution in [2.24, 2.45) is 0 Å². The zero-order chi connectivity index (χ0) is 19.3. The fraction of sp³-hybridized carbons (Fsp3) is 0.0476. The Morgan fingerprint density at radius 1 is 0.857 bits per heavy atom. The van der Waals surface area contributed by atoms with Crippen LogP contribution in [-0.4, -0.2) is 20.9 Å². The van der Waals surface area contributed by atoms with Crippen molar-refractivity contribution in [3.05, 3.63) is 95.3 Å². The number of rotatable bonds is 5. The van der Waals surface area contributed by atoms with Crippen molar-refractivity contribution >= 4 is 28.2 Å². The maximum atomic E-state index is 12.7. The molecule has 0 aliphatic rings. The Bertz CT molecular complexity index is 1120. The number of aromatic nitrogens is 3. The van der Waals surface area contributed by atoms with E-state index in [9.17, 15) is 9.59 Å². The molecule has 0 atom stereocenters. The van der Waals surface area contributed by atoms with E-state index in [1.807, 2.05) is 60.7 Å². The third-order valence-corrected chi connectivity index (χ3v) is 4.19. The fourth-order valence-electron chi connectivity index (χ4n) is 2.86. The van der Waals surface area contributed by atoms with Gasteiger partial charge in [-0.15, -0.1) is 5.10 Å². The van der Waals surface area contributed by atoms with Gasteiger partial charge in [0.05, 0.1) is 16.8 Å². The minimum Gasteiger partial charge on any atom is -0.271 e. The van der Waals surface area contributed by atoms with Crippen molar-refractivity contribution in [1.29, 1.82) is 0 Å². The van der Waals surface area contributed by atoms with Crippen molar-refractivity contribution in [3.63, 3.8) is 0 Å². The predicted molar refractivity (Wildman–Crippen MR) is 107 cm³/mol. The van der Waals surface area contributed by atoms with Crippen molar-refractivity contribution in [2.75, 3.05) is 5.01 Å². The molecule has 7 heteroatoms. The average molecular weight is 371 g/mol. The summed E-state index contributed by atoms with van der Waals surface area (Å²) < 4.78 is 1.06. The lowest BCUT2D eigenvalue weighted by molar-refractivity contribution is -0.121. The minimum atomic E-state index is -0.389. The number of carbonyl (C=O) groups excluding carboxylic acids is 1. The maximum absolute atomic E-state index is 12.7. The Hall–Kier alpha value is -4.00. The third kappa shape index (κ3) is 3.59. The SMILES string of the molecule is O=C(Cn1nnc2ccccc2c1=O)NN(c1ccccc1)c1ccccc1. The number of hydrogen-bond acceptors (Lipinski definition) is 5. The second-order valence-corrected chi connectivity index (χ2v) is 6.11. The molecule has 28 heavy (non-hydrogen) atoms. The summed E-state index contributed by atoms with van der Waals surface area (Å²) in [5.41, 5.74) is 4.57. The van der Waals surface area contributed by atoms with E-state index >= 15 is 0 Å². The van der Waals surface area contributed by atoms with Crippen LogP contribution in [-0.2, 0) is 11.3 Å². The number of anilines is 2. The molecule has 4 rings (SSSR count). The molecule has 1 N–H and O–H groups in total. The molecule has 0 spiro atoms. The van der Waals surface area contributed by atoms with Crippen LogP contribution in [0.4, 0.5) is 11.4 Å². The standard InChI is InChI=1S/C21H17N5O2/c27-20(15-25-21(28)18-13-7-8-14-19(18)22-24-25)23-26(16-9-3-1-4-10-16)17-11-5-2-6-12-17/h1-14H,15H2,(H,23,27). The molecule has 0 fully saturated rings. The fourth-order valence-corrected chi connectivity index (χ4v) is 2.86. The molecule has 7 nitrogen and oxygen atoms in total. The summed E-state index contributed by atoms with van der Waals surface area (Å²) in [5.74, 6) is -0.389. The molecule has 0 radical (unpaired) electrons. The number of para-hydroxylation sites is 2. The average Bonchev–Trinajstić information content (AvgIpc) is 2.75. The largest absolute Gasteiger partial charge is 0.278 e. The van der Waals surface area contributed by atoms with Gasteiger partial charge in [0.2, 0.25) is 0 Å². The number of hydrogen-bond donors (Lipinski definition) is 1. The van der Waals surface area contributed by atoms with Gasteiger partial charge in [-0.05, 0) is 36.4 Å². The lowest BCUT2D eigenvalue weighted by Gasteiger charge is -2.25. The Balaban J connectivity index is 1.60. The summed E-state index contributed by atoms with van der Waals surface area (Å²) in [6, 6.07) is 25.8. The number of fused-ring (bicyclic) bond motifs is 1. The molecule has 1 heterocycles. The molecular formula is C21H17N5O2. The minimum absolute atomic E-state index is 0.243. The molecule has 0 saturated heterocycles. The van der Waals surface area contributed by atoms with Gasteiger partial charge in [0.15, 0.2) is 0 Å². The lowest BCUT2D eigenvalue weighted by Crippen LogP contribution is -2.42. The summed E-state index contributed by atoms with van der Waals surface area (Å²) in [6.45, 7) is -0.243. The highest BCUT2D eigenvalue weighted by molar-refractivity contribution is 5.81. The molecule has 1 aromatic heterocycles. The molecule has 1 amide bonds. The molecule has 0 unspecified atom stereocenters. The third-order valence-electron chi connectivity index (χ3n) is 4.19. The van der Waals surface area contributed by atoms with E-state index in [0.717, 1.165) is 16.1 Å². The van der Waals surface area contributed by atoms with Gasteiger partial charge >= 0.3 is 0 Å². The first-order valence-electron chi connectivity index (χ1n) is 8.74. The zero-order valence-electron chi connectivity index (χ0n) is 14.9. The molecule has 0 bridgehead atoms. The first-order chi connectivity index (χ1) is 13.7. The molecule has 0 saturated carbocycles. The monoisotopic (exact) mass is 371 g/mol. The molecular weight excluding hydrogens is 354 g/mol. The van der Waals surface area contributed by atoms with Gasteiger partial charge in [-0.3, -0.25) is 20.0 Å². The zero-order valence-corrected chi connectivity index (χ0v) is 14.9. The highest BCUT2D eigenvalue weighted by atomic mass is 16.2. The van der Waals surface area contributed by atoms with E-state index < -0.39 is 0 Å². The van der Waals surface area contributed by atoms with Gasteiger partial charge in [-0.25, -0.2) is 4.68 Å². The molecule has 138 valence electrons. The Kier molecular flexibility index (Phi) is 4.79. The normalized spacial score (nSPS) is 10.6. The van der Waals surface area contributed by atoms with Crippen molar-refractivity contribution in [3.8, 4) is 0 Å². The van der Waals surface area contributed by atoms with E-state index in [2.05, 4.69) is 15.7 Å². The lowest BCUT2D eigenvalue weighted by atomic mass is 10.2. The van der Waals surface area contributed by atoms with Crippen LogP contribution in [0.15, 0.2) is 89.7 Å². The summed E-state index contributed by atoms with van der Waals surface area (Å²) >= 11 is 0. The van der Waals surface area contributed by atoms with Crippen molar-refractivity contribution < 1.29 is 4.79 Å². The smallest absolute Gasteiger partial charge is 0.271 e. The second kappa shape index (κ2) is 7.71. The van der Waals surface area contributed by atoms with Crippen LogP contribution in [0.5, 0.6) is 0 Å². The predicted octanol–water partition coefficient (Wildman–Crippen LogP) is 2.66. The quantitative estimate of drug-likeness (QED) is 0.546. The molecule has 4 aromatic rings. The summed E-state index contributed by atoms with van der Waals surface area (Å²) in [5, 5.41) is 9.98. The van der Waals surface area contributed by atoms with Crippen molar-refractivity contribution in [2.45, 2.75) is 6.54 Å². The Morgan fingerprint density at radius 2 is 1.43 bits per heavy atom. The van der Waals surface area contributed by atoms with Crippen molar-refractivity contribution in [1.82, 2.24) is 20.4 Å². The van der Waals surface area contributed by atoms with E-state index in [1.54, 1.807) is 29.3 Å². The number of benzene rings is 3. The Labute approximate surface area is 160 Å². The topological polar surface area (TPSA) is 80.1 Å². The summed E-state index contributed by atoms with van der Waals surface area (Å²) in [7, 11) is 0. The van der Waals surface area contributed by atoms with E-state index in [4.69, 9.17) is 0 Å². The van der Waals surface area contributed by atoms with Gasteiger partial charge in [0.25, 0.3) is 11.5 Å². The number of amides is 1. The van der Waals surface area contributed by atoms with Crippen LogP contribution in [0.1, 0.15) is 0 Å². The van der Waals surface area contributed by atoms with Crippen LogP contribution in [0.2, 0.25) is 0 Å². The van der Waals surface area contributed by atoms with Gasteiger partial charge in [0, 0.05) is 0 Å². The molecule has 0 aliphatic carbocycles. The maximum Gasteiger partial charge on any atom is 0.278 e. The van der Waals surface area contributed by atoms with Crippen LogP contribution in [0.3, 0.4) is 0 Å². The van der Waals surface area contributed by atoms with E-state index in [-0.39, 0.29) is 18.0 Å². The Morgan fingerprint density at radius 3 is 2.07 bits per heavy atom. The van der Waals surface area contributed by atoms with Gasteiger partial charge in [0.1, 0.15) is 12.1 Å². The van der Waals surface area contributed by atoms with Gasteiger partial charge < -0.3 is 0 Å². The summed E-state index contributed by atoms with van der Waals surface area (Å²) in [4.78, 5) is 25.2. The van der Waals surface area contributed by atoms with E-state index in [1.165, 1.54) is 0 Å². The first-order valence-corrected chi connectivity index (χ1v) is 8.74. The highest BCUT2D eigenvalue weighted by Crippen LogP contribution is 2.22. The summed E-state index contributed by atoms with van der Waals surface area (Å²) in [6.07, 6.45) is 0. The van der Waals surface area contributed by atoms with Crippen LogP contribution >= 0.6 is 0 Å². The van der Waals surface area contributed by atoms with Gasteiger partial charge in [-0.1, -0.05) is 53.7 Å².